The lowest BCUT2D eigenvalue weighted by molar-refractivity contribution is 0.244. The van der Waals surface area contributed by atoms with Gasteiger partial charge in [-0.2, -0.15) is 0 Å². The molecule has 1 aromatic rings. The van der Waals surface area contributed by atoms with E-state index < -0.39 is 5.54 Å². The number of hydrogen-bond donors (Lipinski definition) is 1. The van der Waals surface area contributed by atoms with E-state index >= 15 is 0 Å². The highest BCUT2D eigenvalue weighted by atomic mass is 79.9. The monoisotopic (exact) mass is 271 g/mol. The van der Waals surface area contributed by atoms with Crippen molar-refractivity contribution < 1.29 is 4.39 Å². The fourth-order valence-corrected chi connectivity index (χ4v) is 2.55. The SMILES string of the molecule is CCc1cc(Br)c(F)c(C2(N)CCC2)c1. The fourth-order valence-electron chi connectivity index (χ4n) is 2.04. The molecule has 2 rings (SSSR count). The van der Waals surface area contributed by atoms with E-state index in [1.54, 1.807) is 0 Å². The quantitative estimate of drug-likeness (QED) is 0.876. The normalized spacial score (nSPS) is 18.7. The summed E-state index contributed by atoms with van der Waals surface area (Å²) in [5, 5.41) is 0. The van der Waals surface area contributed by atoms with E-state index in [1.807, 2.05) is 12.1 Å². The second-order valence-electron chi connectivity index (χ2n) is 4.30. The molecule has 0 atom stereocenters. The maximum absolute atomic E-state index is 13.9. The van der Waals surface area contributed by atoms with Gasteiger partial charge in [0.15, 0.2) is 0 Å². The second kappa shape index (κ2) is 3.87. The zero-order valence-electron chi connectivity index (χ0n) is 8.82. The predicted molar refractivity (Wildman–Crippen MR) is 63.2 cm³/mol. The van der Waals surface area contributed by atoms with Gasteiger partial charge in [0.1, 0.15) is 5.82 Å². The van der Waals surface area contributed by atoms with Gasteiger partial charge < -0.3 is 5.73 Å². The topological polar surface area (TPSA) is 26.0 Å². The number of aryl methyl sites for hydroxylation is 1. The lowest BCUT2D eigenvalue weighted by Crippen LogP contribution is -2.44. The summed E-state index contributed by atoms with van der Waals surface area (Å²) in [4.78, 5) is 0. The molecule has 0 aliphatic heterocycles. The van der Waals surface area contributed by atoms with Crippen LogP contribution in [0.15, 0.2) is 16.6 Å². The summed E-state index contributed by atoms with van der Waals surface area (Å²) in [6.07, 6.45) is 3.79. The van der Waals surface area contributed by atoms with E-state index in [0.29, 0.717) is 10.0 Å². The second-order valence-corrected chi connectivity index (χ2v) is 5.16. The van der Waals surface area contributed by atoms with Crippen LogP contribution in [0.4, 0.5) is 4.39 Å². The van der Waals surface area contributed by atoms with Crippen molar-refractivity contribution >= 4 is 15.9 Å². The molecule has 1 aromatic carbocycles. The van der Waals surface area contributed by atoms with E-state index in [1.165, 1.54) is 0 Å². The van der Waals surface area contributed by atoms with Gasteiger partial charge in [0, 0.05) is 11.1 Å². The minimum absolute atomic E-state index is 0.186. The van der Waals surface area contributed by atoms with Gasteiger partial charge in [0.2, 0.25) is 0 Å². The number of rotatable bonds is 2. The number of benzene rings is 1. The van der Waals surface area contributed by atoms with Crippen LogP contribution in [0.5, 0.6) is 0 Å². The molecule has 0 unspecified atom stereocenters. The lowest BCUT2D eigenvalue weighted by atomic mass is 9.72. The van der Waals surface area contributed by atoms with Gasteiger partial charge in [-0.15, -0.1) is 0 Å². The molecule has 0 aromatic heterocycles. The van der Waals surface area contributed by atoms with Gasteiger partial charge >= 0.3 is 0 Å². The maximum atomic E-state index is 13.9. The Labute approximate surface area is 98.0 Å². The van der Waals surface area contributed by atoms with Gasteiger partial charge in [0.25, 0.3) is 0 Å². The van der Waals surface area contributed by atoms with Gasteiger partial charge in [-0.1, -0.05) is 13.0 Å². The predicted octanol–water partition coefficient (Wildman–Crippen LogP) is 3.49. The molecule has 0 bridgehead atoms. The zero-order chi connectivity index (χ0) is 11.1. The van der Waals surface area contributed by atoms with Crippen molar-refractivity contribution in [3.63, 3.8) is 0 Å². The van der Waals surface area contributed by atoms with Crippen molar-refractivity contribution in [2.45, 2.75) is 38.1 Å². The molecule has 0 amide bonds. The standard InChI is InChI=1S/C12H15BrFN/c1-2-8-6-9(11(14)10(13)7-8)12(15)4-3-5-12/h6-7H,2-5,15H2,1H3. The van der Waals surface area contributed by atoms with Crippen molar-refractivity contribution in [3.8, 4) is 0 Å². The van der Waals surface area contributed by atoms with Gasteiger partial charge in [-0.05, 0) is 53.2 Å². The Bertz CT molecular complexity index is 385. The van der Waals surface area contributed by atoms with Crippen molar-refractivity contribution in [1.29, 1.82) is 0 Å². The van der Waals surface area contributed by atoms with Crippen LogP contribution in [-0.2, 0) is 12.0 Å². The van der Waals surface area contributed by atoms with Gasteiger partial charge in [-0.25, -0.2) is 4.39 Å². The smallest absolute Gasteiger partial charge is 0.142 e. The molecule has 15 heavy (non-hydrogen) atoms. The molecule has 0 saturated heterocycles. The van der Waals surface area contributed by atoms with Crippen molar-refractivity contribution in [1.82, 2.24) is 0 Å². The van der Waals surface area contributed by atoms with Crippen LogP contribution < -0.4 is 5.73 Å². The summed E-state index contributed by atoms with van der Waals surface area (Å²) in [7, 11) is 0. The molecular weight excluding hydrogens is 257 g/mol. The molecule has 1 aliphatic rings. The lowest BCUT2D eigenvalue weighted by Gasteiger charge is -2.39. The van der Waals surface area contributed by atoms with E-state index in [2.05, 4.69) is 22.9 Å². The Hall–Kier alpha value is -0.410. The fraction of sp³-hybridized carbons (Fsp3) is 0.500. The largest absolute Gasteiger partial charge is 0.321 e. The molecule has 1 aliphatic carbocycles. The third kappa shape index (κ3) is 1.83. The number of hydrogen-bond acceptors (Lipinski definition) is 1. The van der Waals surface area contributed by atoms with E-state index in [4.69, 9.17) is 5.73 Å². The molecule has 1 fully saturated rings. The average Bonchev–Trinajstić information content (AvgIpc) is 2.18. The van der Waals surface area contributed by atoms with Crippen LogP contribution in [0.3, 0.4) is 0 Å². The first-order chi connectivity index (χ1) is 7.07. The Morgan fingerprint density at radius 3 is 2.60 bits per heavy atom. The van der Waals surface area contributed by atoms with Crippen LogP contribution in [0.25, 0.3) is 0 Å². The first-order valence-electron chi connectivity index (χ1n) is 5.34. The van der Waals surface area contributed by atoms with Gasteiger partial charge in [0.05, 0.1) is 4.47 Å². The first kappa shape index (κ1) is 11.1. The first-order valence-corrected chi connectivity index (χ1v) is 6.13. The third-order valence-electron chi connectivity index (χ3n) is 3.28. The molecule has 0 heterocycles. The summed E-state index contributed by atoms with van der Waals surface area (Å²) in [5.41, 5.74) is 7.55. The van der Waals surface area contributed by atoms with Crippen molar-refractivity contribution in [2.75, 3.05) is 0 Å². The average molecular weight is 272 g/mol. The highest BCUT2D eigenvalue weighted by Crippen LogP contribution is 2.41. The summed E-state index contributed by atoms with van der Waals surface area (Å²) < 4.78 is 14.4. The minimum atomic E-state index is -0.419. The Balaban J connectivity index is 2.49. The van der Waals surface area contributed by atoms with Crippen molar-refractivity contribution in [3.05, 3.63) is 33.5 Å². The third-order valence-corrected chi connectivity index (χ3v) is 3.86. The Morgan fingerprint density at radius 1 is 1.47 bits per heavy atom. The Morgan fingerprint density at radius 2 is 2.13 bits per heavy atom. The number of halogens is 2. The number of nitrogens with two attached hydrogens (primary N) is 1. The maximum Gasteiger partial charge on any atom is 0.142 e. The Kier molecular flexibility index (Phi) is 2.86. The van der Waals surface area contributed by atoms with Crippen LogP contribution in [0.1, 0.15) is 37.3 Å². The van der Waals surface area contributed by atoms with E-state index in [0.717, 1.165) is 31.2 Å². The summed E-state index contributed by atoms with van der Waals surface area (Å²) in [5.74, 6) is -0.186. The molecule has 1 nitrogen and oxygen atoms in total. The molecule has 0 radical (unpaired) electrons. The van der Waals surface area contributed by atoms with Gasteiger partial charge in [-0.3, -0.25) is 0 Å². The van der Waals surface area contributed by atoms with Crippen LogP contribution in [0, 0.1) is 5.82 Å². The van der Waals surface area contributed by atoms with E-state index in [-0.39, 0.29) is 5.82 Å². The summed E-state index contributed by atoms with van der Waals surface area (Å²) >= 11 is 3.25. The van der Waals surface area contributed by atoms with Crippen LogP contribution in [-0.4, -0.2) is 0 Å². The molecule has 0 spiro atoms. The van der Waals surface area contributed by atoms with Crippen LogP contribution >= 0.6 is 15.9 Å². The molecule has 3 heteroatoms. The molecule has 1 saturated carbocycles. The summed E-state index contributed by atoms with van der Waals surface area (Å²) in [6.45, 7) is 2.06. The molecule has 82 valence electrons. The highest BCUT2D eigenvalue weighted by Gasteiger charge is 2.37. The van der Waals surface area contributed by atoms with Crippen molar-refractivity contribution in [2.24, 2.45) is 5.73 Å². The van der Waals surface area contributed by atoms with Crippen LogP contribution in [0.2, 0.25) is 0 Å². The highest BCUT2D eigenvalue weighted by molar-refractivity contribution is 9.10. The zero-order valence-corrected chi connectivity index (χ0v) is 10.4. The molecular formula is C12H15BrFN. The molecule has 2 N–H and O–H groups in total. The summed E-state index contributed by atoms with van der Waals surface area (Å²) in [6, 6.07) is 3.75. The van der Waals surface area contributed by atoms with E-state index in [9.17, 15) is 4.39 Å². The minimum Gasteiger partial charge on any atom is -0.321 e.